The lowest BCUT2D eigenvalue weighted by molar-refractivity contribution is -0.154. The Morgan fingerprint density at radius 2 is 1.75 bits per heavy atom. The fourth-order valence-electron chi connectivity index (χ4n) is 8.62. The summed E-state index contributed by atoms with van der Waals surface area (Å²) in [6.45, 7) is 12.5. The number of hydrogen-bond donors (Lipinski definition) is 4. The molecule has 5 heteroatoms. The molecule has 3 saturated carbocycles. The van der Waals surface area contributed by atoms with E-state index >= 15 is 0 Å². The van der Waals surface area contributed by atoms with Gasteiger partial charge in [0.2, 0.25) is 0 Å². The molecule has 0 aromatic heterocycles. The molecule has 10 atom stereocenters. The Morgan fingerprint density at radius 3 is 2.38 bits per heavy atom. The fourth-order valence-corrected chi connectivity index (χ4v) is 8.62. The molecule has 0 bridgehead atoms. The highest BCUT2D eigenvalue weighted by atomic mass is 16.3. The molecular weight excluding hydrogens is 404 g/mol. The van der Waals surface area contributed by atoms with Crippen molar-refractivity contribution >= 4 is 5.78 Å². The van der Waals surface area contributed by atoms with Crippen molar-refractivity contribution in [1.29, 1.82) is 0 Å². The summed E-state index contributed by atoms with van der Waals surface area (Å²) in [7, 11) is 0. The lowest BCUT2D eigenvalue weighted by atomic mass is 9.45. The molecule has 182 valence electrons. The van der Waals surface area contributed by atoms with Crippen molar-refractivity contribution in [2.24, 2.45) is 40.4 Å². The summed E-state index contributed by atoms with van der Waals surface area (Å²) in [5.41, 5.74) is -1.56. The van der Waals surface area contributed by atoms with E-state index in [1.807, 2.05) is 13.8 Å². The summed E-state index contributed by atoms with van der Waals surface area (Å²) < 4.78 is 0. The van der Waals surface area contributed by atoms with E-state index in [-0.39, 0.29) is 23.0 Å². The molecule has 0 aliphatic heterocycles. The van der Waals surface area contributed by atoms with Crippen molar-refractivity contribution in [3.8, 4) is 0 Å². The average molecular weight is 449 g/mol. The van der Waals surface area contributed by atoms with Crippen LogP contribution in [0.2, 0.25) is 0 Å². The minimum Gasteiger partial charge on any atom is -0.390 e. The van der Waals surface area contributed by atoms with E-state index in [9.17, 15) is 25.2 Å². The van der Waals surface area contributed by atoms with Gasteiger partial charge in [-0.25, -0.2) is 0 Å². The van der Waals surface area contributed by atoms with E-state index in [1.165, 1.54) is 0 Å². The van der Waals surface area contributed by atoms with Gasteiger partial charge in [0.1, 0.15) is 0 Å². The lowest BCUT2D eigenvalue weighted by Gasteiger charge is -2.60. The van der Waals surface area contributed by atoms with Crippen LogP contribution in [-0.4, -0.2) is 49.6 Å². The first-order chi connectivity index (χ1) is 14.6. The van der Waals surface area contributed by atoms with Crippen molar-refractivity contribution in [1.82, 2.24) is 0 Å². The first-order valence-corrected chi connectivity index (χ1v) is 12.7. The molecule has 0 amide bonds. The topological polar surface area (TPSA) is 98.0 Å². The molecule has 5 nitrogen and oxygen atoms in total. The van der Waals surface area contributed by atoms with Crippen LogP contribution in [0, 0.1) is 40.4 Å². The second kappa shape index (κ2) is 7.63. The lowest BCUT2D eigenvalue weighted by Crippen LogP contribution is -2.61. The SMILES string of the molecule is C[C@H]([C@H](C)CC(C)(C)O)[C@H]1CC[C@@]2(O)C3=CC(=O)[C@@H]4C[C@@H](O)[C@@H](O)C[C@]4(C)[C@H]3CC[C@]12C. The maximum Gasteiger partial charge on any atom is 0.159 e. The number of aliphatic hydroxyl groups excluding tert-OH is 2. The maximum atomic E-state index is 13.2. The molecule has 4 aliphatic carbocycles. The summed E-state index contributed by atoms with van der Waals surface area (Å²) >= 11 is 0. The predicted octanol–water partition coefficient (Wildman–Crippen LogP) is 3.62. The van der Waals surface area contributed by atoms with Gasteiger partial charge in [-0.1, -0.05) is 27.7 Å². The van der Waals surface area contributed by atoms with Gasteiger partial charge in [-0.2, -0.15) is 0 Å². The Kier molecular flexibility index (Phi) is 5.81. The molecule has 4 rings (SSSR count). The third-order valence-corrected chi connectivity index (χ3v) is 10.5. The smallest absolute Gasteiger partial charge is 0.159 e. The van der Waals surface area contributed by atoms with Crippen molar-refractivity contribution in [2.45, 2.75) is 110 Å². The molecule has 0 heterocycles. The number of hydrogen-bond acceptors (Lipinski definition) is 5. The Hall–Kier alpha value is -0.750. The monoisotopic (exact) mass is 448 g/mol. The zero-order valence-corrected chi connectivity index (χ0v) is 20.8. The van der Waals surface area contributed by atoms with Crippen LogP contribution < -0.4 is 0 Å². The van der Waals surface area contributed by atoms with Crippen LogP contribution in [0.4, 0.5) is 0 Å². The van der Waals surface area contributed by atoms with E-state index in [2.05, 4.69) is 27.7 Å². The molecule has 0 saturated heterocycles. The molecule has 0 radical (unpaired) electrons. The number of ketones is 1. The number of allylic oxidation sites excluding steroid dienone is 1. The highest BCUT2D eigenvalue weighted by Gasteiger charge is 2.67. The van der Waals surface area contributed by atoms with Crippen LogP contribution in [0.15, 0.2) is 11.6 Å². The van der Waals surface area contributed by atoms with E-state index in [4.69, 9.17) is 0 Å². The van der Waals surface area contributed by atoms with Crippen LogP contribution in [-0.2, 0) is 4.79 Å². The summed E-state index contributed by atoms with van der Waals surface area (Å²) in [5, 5.41) is 43.3. The number of rotatable bonds is 4. The summed E-state index contributed by atoms with van der Waals surface area (Å²) in [6, 6.07) is 0. The summed E-state index contributed by atoms with van der Waals surface area (Å²) in [5.74, 6) is 0.793. The molecule has 4 aliphatic rings. The van der Waals surface area contributed by atoms with E-state index in [0.717, 1.165) is 31.3 Å². The van der Waals surface area contributed by atoms with Gasteiger partial charge < -0.3 is 20.4 Å². The van der Waals surface area contributed by atoms with Crippen LogP contribution in [0.3, 0.4) is 0 Å². The normalized spacial score (nSPS) is 48.4. The molecule has 4 N–H and O–H groups in total. The van der Waals surface area contributed by atoms with Gasteiger partial charge in [-0.05, 0) is 99.5 Å². The van der Waals surface area contributed by atoms with Crippen LogP contribution in [0.1, 0.15) is 86.5 Å². The van der Waals surface area contributed by atoms with Crippen molar-refractivity contribution in [2.75, 3.05) is 0 Å². The van der Waals surface area contributed by atoms with Gasteiger partial charge in [0.05, 0.1) is 23.4 Å². The van der Waals surface area contributed by atoms with Gasteiger partial charge in [0, 0.05) is 11.3 Å². The molecule has 0 aromatic rings. The molecule has 32 heavy (non-hydrogen) atoms. The molecule has 3 fully saturated rings. The first-order valence-electron chi connectivity index (χ1n) is 12.7. The Balaban J connectivity index is 1.67. The summed E-state index contributed by atoms with van der Waals surface area (Å²) in [4.78, 5) is 13.2. The molecular formula is C27H44O5. The van der Waals surface area contributed by atoms with Gasteiger partial charge in [-0.3, -0.25) is 4.79 Å². The van der Waals surface area contributed by atoms with Gasteiger partial charge in [0.15, 0.2) is 5.78 Å². The number of aliphatic hydroxyl groups is 4. The van der Waals surface area contributed by atoms with Crippen LogP contribution in [0.25, 0.3) is 0 Å². The first kappa shape index (κ1) is 24.4. The highest BCUT2D eigenvalue weighted by Crippen LogP contribution is 2.68. The average Bonchev–Trinajstić information content (AvgIpc) is 2.94. The summed E-state index contributed by atoms with van der Waals surface area (Å²) in [6.07, 6.45) is 4.88. The standard InChI is InChI=1S/C27H44O5/c1-15(13-24(3,4)31)16(2)17-8-10-27(32)19-11-21(28)20-12-22(29)23(30)14-25(20,5)18(19)7-9-26(17,27)6/h11,15-18,20,22-23,29-32H,7-10,12-14H2,1-6H3/t15-,16-,17-,18+,20+,22-,23+,25-,26-,27-/m1/s1. The second-order valence-corrected chi connectivity index (χ2v) is 13.0. The third kappa shape index (κ3) is 3.45. The van der Waals surface area contributed by atoms with E-state index < -0.39 is 28.8 Å². The van der Waals surface area contributed by atoms with Crippen molar-refractivity contribution in [3.05, 3.63) is 11.6 Å². The van der Waals surface area contributed by atoms with Crippen molar-refractivity contribution in [3.63, 3.8) is 0 Å². The second-order valence-electron chi connectivity index (χ2n) is 13.0. The van der Waals surface area contributed by atoms with E-state index in [0.29, 0.717) is 37.0 Å². The maximum absolute atomic E-state index is 13.2. The Labute approximate surface area is 193 Å². The van der Waals surface area contributed by atoms with Crippen LogP contribution >= 0.6 is 0 Å². The predicted molar refractivity (Wildman–Crippen MR) is 124 cm³/mol. The number of fused-ring (bicyclic) bond motifs is 5. The minimum atomic E-state index is -1.01. The largest absolute Gasteiger partial charge is 0.390 e. The Bertz CT molecular complexity index is 798. The van der Waals surface area contributed by atoms with Gasteiger partial charge >= 0.3 is 0 Å². The molecule has 0 aromatic carbocycles. The highest BCUT2D eigenvalue weighted by molar-refractivity contribution is 5.95. The number of carbonyl (C=O) groups is 1. The molecule has 0 spiro atoms. The third-order valence-electron chi connectivity index (χ3n) is 10.5. The van der Waals surface area contributed by atoms with Crippen molar-refractivity contribution < 1.29 is 25.2 Å². The number of carbonyl (C=O) groups excluding carboxylic acids is 1. The van der Waals surface area contributed by atoms with Gasteiger partial charge in [-0.15, -0.1) is 0 Å². The van der Waals surface area contributed by atoms with Gasteiger partial charge in [0.25, 0.3) is 0 Å². The van der Waals surface area contributed by atoms with E-state index in [1.54, 1.807) is 6.08 Å². The Morgan fingerprint density at radius 1 is 1.09 bits per heavy atom. The zero-order chi connectivity index (χ0) is 23.9. The minimum absolute atomic E-state index is 0.00858. The fraction of sp³-hybridized carbons (Fsp3) is 0.889. The van der Waals surface area contributed by atoms with Crippen LogP contribution in [0.5, 0.6) is 0 Å². The quantitative estimate of drug-likeness (QED) is 0.527. The zero-order valence-electron chi connectivity index (χ0n) is 20.8. The molecule has 0 unspecified atom stereocenters.